The zero-order chi connectivity index (χ0) is 21.5. The van der Waals surface area contributed by atoms with Gasteiger partial charge in [-0.2, -0.15) is 0 Å². The van der Waals surface area contributed by atoms with E-state index in [4.69, 9.17) is 0 Å². The molecule has 31 heavy (non-hydrogen) atoms. The van der Waals surface area contributed by atoms with Gasteiger partial charge in [0.05, 0.1) is 0 Å². The summed E-state index contributed by atoms with van der Waals surface area (Å²) in [7, 11) is 0. The Hall–Kier alpha value is -3.90. The largest absolute Gasteiger partial charge is 0.325 e. The van der Waals surface area contributed by atoms with Gasteiger partial charge in [0, 0.05) is 11.4 Å². The van der Waals surface area contributed by atoms with Gasteiger partial charge in [-0.25, -0.2) is 9.59 Å². The van der Waals surface area contributed by atoms with Crippen LogP contribution in [0.25, 0.3) is 0 Å². The molecule has 4 amide bonds. The van der Waals surface area contributed by atoms with Crippen LogP contribution in [0.1, 0.15) is 11.1 Å². The molecule has 0 fully saturated rings. The van der Waals surface area contributed by atoms with Crippen LogP contribution in [0.4, 0.5) is 31.2 Å². The highest BCUT2D eigenvalue weighted by molar-refractivity contribution is 7.13. The van der Waals surface area contributed by atoms with Crippen molar-refractivity contribution in [1.82, 2.24) is 20.4 Å². The Balaban J connectivity index is 1.27. The maximum Gasteiger partial charge on any atom is 0.325 e. The minimum atomic E-state index is -0.372. The fourth-order valence-electron chi connectivity index (χ4n) is 2.62. The predicted molar refractivity (Wildman–Crippen MR) is 121 cm³/mol. The van der Waals surface area contributed by atoms with Crippen molar-refractivity contribution >= 4 is 56.4 Å². The smallest absolute Gasteiger partial charge is 0.308 e. The summed E-state index contributed by atoms with van der Waals surface area (Å²) in [5.74, 6) is 0. The van der Waals surface area contributed by atoms with Crippen molar-refractivity contribution in [1.29, 1.82) is 0 Å². The highest BCUT2D eigenvalue weighted by Crippen LogP contribution is 2.17. The van der Waals surface area contributed by atoms with E-state index in [1.165, 1.54) is 22.7 Å². The molecule has 156 valence electrons. The second-order valence-corrected chi connectivity index (χ2v) is 7.88. The number of carbonyl (C=O) groups is 2. The first-order valence-corrected chi connectivity index (χ1v) is 10.8. The van der Waals surface area contributed by atoms with E-state index in [0.29, 0.717) is 28.1 Å². The SMILES string of the molecule is O=C(Nc1ccc(Cc2ccc(NC(=O)Nc3nncs3)cc2)cc1)Nc1nncs1. The summed E-state index contributed by atoms with van der Waals surface area (Å²) in [6.07, 6.45) is 0.717. The number of anilines is 4. The highest BCUT2D eigenvalue weighted by Gasteiger charge is 2.07. The molecule has 2 heterocycles. The van der Waals surface area contributed by atoms with Gasteiger partial charge in [-0.05, 0) is 41.8 Å². The standard InChI is InChI=1S/C19H16N8O2S2/c28-16(24-18-26-20-10-30-18)22-14-5-1-12(2-6-14)9-13-3-7-15(8-4-13)23-17(29)25-19-27-21-11-31-19/h1-8,10-11H,9H2,(H2,22,24,26,28)(H2,23,25,27,29). The van der Waals surface area contributed by atoms with Crippen LogP contribution >= 0.6 is 22.7 Å². The van der Waals surface area contributed by atoms with E-state index in [2.05, 4.69) is 41.7 Å². The molecule has 0 spiro atoms. The molecule has 0 atom stereocenters. The summed E-state index contributed by atoms with van der Waals surface area (Å²) >= 11 is 2.49. The first kappa shape index (κ1) is 20.4. The summed E-state index contributed by atoms with van der Waals surface area (Å²) in [6, 6.07) is 14.4. The number of nitrogens with one attached hydrogen (secondary N) is 4. The number of benzene rings is 2. The number of carbonyl (C=O) groups excluding carboxylic acids is 2. The minimum absolute atomic E-state index is 0.372. The van der Waals surface area contributed by atoms with E-state index >= 15 is 0 Å². The van der Waals surface area contributed by atoms with E-state index in [-0.39, 0.29) is 12.1 Å². The maximum absolute atomic E-state index is 11.9. The fraction of sp³-hybridized carbons (Fsp3) is 0.0526. The third kappa shape index (κ3) is 6.04. The fourth-order valence-corrected chi connectivity index (χ4v) is 3.50. The molecule has 0 unspecified atom stereocenters. The molecule has 4 N–H and O–H groups in total. The molecule has 0 bridgehead atoms. The molecule has 0 aliphatic rings. The Kier molecular flexibility index (Phi) is 6.40. The van der Waals surface area contributed by atoms with Crippen molar-refractivity contribution in [2.24, 2.45) is 0 Å². The van der Waals surface area contributed by atoms with Crippen molar-refractivity contribution in [2.45, 2.75) is 6.42 Å². The van der Waals surface area contributed by atoms with Gasteiger partial charge in [-0.3, -0.25) is 10.6 Å². The van der Waals surface area contributed by atoms with Crippen molar-refractivity contribution in [2.75, 3.05) is 21.3 Å². The molecular weight excluding hydrogens is 436 g/mol. The quantitative estimate of drug-likeness (QED) is 0.345. The summed E-state index contributed by atoms with van der Waals surface area (Å²) in [4.78, 5) is 23.9. The molecule has 10 nitrogen and oxygen atoms in total. The summed E-state index contributed by atoms with van der Waals surface area (Å²) in [5, 5.41) is 26.4. The van der Waals surface area contributed by atoms with Crippen LogP contribution in [0.2, 0.25) is 0 Å². The lowest BCUT2D eigenvalue weighted by Gasteiger charge is -2.08. The van der Waals surface area contributed by atoms with Crippen LogP contribution < -0.4 is 21.3 Å². The van der Waals surface area contributed by atoms with E-state index < -0.39 is 0 Å². The Labute approximate surface area is 184 Å². The zero-order valence-corrected chi connectivity index (χ0v) is 17.5. The Morgan fingerprint density at radius 2 is 1.06 bits per heavy atom. The molecule has 0 aliphatic heterocycles. The minimum Gasteiger partial charge on any atom is -0.308 e. The molecular formula is C19H16N8O2S2. The first-order valence-electron chi connectivity index (χ1n) is 9.00. The summed E-state index contributed by atoms with van der Waals surface area (Å²) in [5.41, 5.74) is 6.61. The average Bonchev–Trinajstić information content (AvgIpc) is 3.45. The van der Waals surface area contributed by atoms with Gasteiger partial charge in [0.25, 0.3) is 0 Å². The van der Waals surface area contributed by atoms with Crippen LogP contribution in [0.15, 0.2) is 59.6 Å². The second kappa shape index (κ2) is 9.73. The highest BCUT2D eigenvalue weighted by atomic mass is 32.1. The van der Waals surface area contributed by atoms with E-state index in [1.54, 1.807) is 11.0 Å². The Morgan fingerprint density at radius 1 is 0.645 bits per heavy atom. The van der Waals surface area contributed by atoms with Crippen LogP contribution in [0.5, 0.6) is 0 Å². The van der Waals surface area contributed by atoms with Gasteiger partial charge in [0.2, 0.25) is 10.3 Å². The van der Waals surface area contributed by atoms with Crippen molar-refractivity contribution in [3.8, 4) is 0 Å². The van der Waals surface area contributed by atoms with Crippen molar-refractivity contribution < 1.29 is 9.59 Å². The van der Waals surface area contributed by atoms with Crippen LogP contribution in [-0.2, 0) is 6.42 Å². The van der Waals surface area contributed by atoms with Gasteiger partial charge in [-0.15, -0.1) is 20.4 Å². The maximum atomic E-state index is 11.9. The van der Waals surface area contributed by atoms with Crippen molar-refractivity contribution in [3.63, 3.8) is 0 Å². The van der Waals surface area contributed by atoms with Crippen LogP contribution in [-0.4, -0.2) is 32.5 Å². The topological polar surface area (TPSA) is 134 Å². The van der Waals surface area contributed by atoms with E-state index in [1.807, 2.05) is 48.5 Å². The second-order valence-electron chi connectivity index (χ2n) is 6.22. The molecule has 12 heteroatoms. The molecule has 0 saturated carbocycles. The van der Waals surface area contributed by atoms with Gasteiger partial charge >= 0.3 is 12.1 Å². The number of hydrogen-bond acceptors (Lipinski definition) is 8. The summed E-state index contributed by atoms with van der Waals surface area (Å²) < 4.78 is 0. The van der Waals surface area contributed by atoms with Gasteiger partial charge < -0.3 is 10.6 Å². The lowest BCUT2D eigenvalue weighted by atomic mass is 10.0. The zero-order valence-electron chi connectivity index (χ0n) is 15.9. The molecule has 0 saturated heterocycles. The average molecular weight is 453 g/mol. The van der Waals surface area contributed by atoms with Crippen LogP contribution in [0, 0.1) is 0 Å². The normalized spacial score (nSPS) is 10.3. The third-order valence-corrected chi connectivity index (χ3v) is 5.21. The van der Waals surface area contributed by atoms with Gasteiger partial charge in [0.15, 0.2) is 0 Å². The lowest BCUT2D eigenvalue weighted by Crippen LogP contribution is -2.19. The summed E-state index contributed by atoms with van der Waals surface area (Å²) in [6.45, 7) is 0. The predicted octanol–water partition coefficient (Wildman–Crippen LogP) is 4.27. The van der Waals surface area contributed by atoms with Gasteiger partial charge in [0.1, 0.15) is 11.0 Å². The molecule has 2 aromatic heterocycles. The number of urea groups is 2. The lowest BCUT2D eigenvalue weighted by molar-refractivity contribution is 0.261. The van der Waals surface area contributed by atoms with E-state index in [9.17, 15) is 9.59 Å². The number of rotatable bonds is 6. The molecule has 4 aromatic rings. The third-order valence-electron chi connectivity index (χ3n) is 3.99. The molecule has 0 radical (unpaired) electrons. The van der Waals surface area contributed by atoms with Crippen LogP contribution in [0.3, 0.4) is 0 Å². The Bertz CT molecular complexity index is 1040. The Morgan fingerprint density at radius 3 is 1.42 bits per heavy atom. The number of amides is 4. The number of nitrogens with zero attached hydrogens (tertiary/aromatic N) is 4. The number of aromatic nitrogens is 4. The molecule has 0 aliphatic carbocycles. The van der Waals surface area contributed by atoms with E-state index in [0.717, 1.165) is 11.1 Å². The molecule has 2 aromatic carbocycles. The monoisotopic (exact) mass is 452 g/mol. The molecule has 4 rings (SSSR count). The van der Waals surface area contributed by atoms with Crippen molar-refractivity contribution in [3.05, 3.63) is 70.7 Å². The van der Waals surface area contributed by atoms with Gasteiger partial charge in [-0.1, -0.05) is 46.9 Å². The number of hydrogen-bond donors (Lipinski definition) is 4. The first-order chi connectivity index (χ1) is 15.1.